The van der Waals surface area contributed by atoms with Crippen LogP contribution in [-0.2, 0) is 0 Å². The van der Waals surface area contributed by atoms with Gasteiger partial charge in [0.05, 0.1) is 17.6 Å². The van der Waals surface area contributed by atoms with E-state index in [-0.39, 0.29) is 0 Å². The minimum absolute atomic E-state index is 0.881. The minimum atomic E-state index is 0.881. The third-order valence-electron chi connectivity index (χ3n) is 3.51. The topological polar surface area (TPSA) is 30.2 Å². The summed E-state index contributed by atoms with van der Waals surface area (Å²) in [5.41, 5.74) is 3.97. The first kappa shape index (κ1) is 11.2. The largest absolute Gasteiger partial charge is 0.232 e. The highest BCUT2D eigenvalue weighted by Crippen LogP contribution is 2.27. The van der Waals surface area contributed by atoms with Crippen molar-refractivity contribution in [1.29, 1.82) is 0 Å². The molecule has 0 aliphatic carbocycles. The highest BCUT2D eigenvalue weighted by atomic mass is 15.2. The average molecular weight is 259 g/mol. The van der Waals surface area contributed by atoms with E-state index in [9.17, 15) is 0 Å². The van der Waals surface area contributed by atoms with E-state index in [0.29, 0.717) is 0 Å². The molecule has 2 aromatic heterocycles. The van der Waals surface area contributed by atoms with Gasteiger partial charge < -0.3 is 0 Å². The van der Waals surface area contributed by atoms with Gasteiger partial charge in [-0.2, -0.15) is 5.10 Å². The maximum atomic E-state index is 4.67. The van der Waals surface area contributed by atoms with Crippen molar-refractivity contribution in [3.8, 4) is 11.3 Å². The molecule has 3 heteroatoms. The summed E-state index contributed by atoms with van der Waals surface area (Å²) in [7, 11) is 0. The van der Waals surface area contributed by atoms with Crippen LogP contribution < -0.4 is 0 Å². The van der Waals surface area contributed by atoms with Crippen LogP contribution in [0.4, 0.5) is 0 Å². The molecule has 0 bridgehead atoms. The molecule has 4 rings (SSSR count). The van der Waals surface area contributed by atoms with Crippen molar-refractivity contribution < 1.29 is 0 Å². The highest BCUT2D eigenvalue weighted by Gasteiger charge is 2.06. The Labute approximate surface area is 116 Å². The van der Waals surface area contributed by atoms with Gasteiger partial charge in [-0.3, -0.25) is 0 Å². The molecule has 0 N–H and O–H groups in total. The standard InChI is InChI=1S/C17H13N3/c1-12-11-20-17(18-12)10-9-16(19-20)15-8-4-6-13-5-2-3-7-14(13)15/h2-11H,1H3. The monoisotopic (exact) mass is 259 g/mol. The number of rotatable bonds is 1. The number of fused-ring (bicyclic) bond motifs is 2. The molecule has 0 radical (unpaired) electrons. The Morgan fingerprint density at radius 3 is 2.70 bits per heavy atom. The number of hydrogen-bond donors (Lipinski definition) is 0. The number of nitrogens with zero attached hydrogens (tertiary/aromatic N) is 3. The first-order valence-corrected chi connectivity index (χ1v) is 6.62. The summed E-state index contributed by atoms with van der Waals surface area (Å²) in [5, 5.41) is 7.12. The Balaban J connectivity index is 2.00. The molecule has 20 heavy (non-hydrogen) atoms. The lowest BCUT2D eigenvalue weighted by Gasteiger charge is -2.06. The van der Waals surface area contributed by atoms with E-state index >= 15 is 0 Å². The van der Waals surface area contributed by atoms with Crippen LogP contribution in [0.5, 0.6) is 0 Å². The number of hydrogen-bond acceptors (Lipinski definition) is 2. The fraction of sp³-hybridized carbons (Fsp3) is 0.0588. The van der Waals surface area contributed by atoms with Crippen molar-refractivity contribution in [2.75, 3.05) is 0 Å². The van der Waals surface area contributed by atoms with Gasteiger partial charge in [-0.1, -0.05) is 42.5 Å². The Morgan fingerprint density at radius 1 is 0.900 bits per heavy atom. The van der Waals surface area contributed by atoms with Gasteiger partial charge in [0, 0.05) is 5.56 Å². The van der Waals surface area contributed by atoms with Crippen molar-refractivity contribution >= 4 is 16.4 Å². The summed E-state index contributed by atoms with van der Waals surface area (Å²) < 4.78 is 1.84. The molecule has 0 aliphatic rings. The zero-order valence-electron chi connectivity index (χ0n) is 11.1. The fourth-order valence-corrected chi connectivity index (χ4v) is 2.59. The predicted octanol–water partition coefficient (Wildman–Crippen LogP) is 3.86. The van der Waals surface area contributed by atoms with E-state index in [0.717, 1.165) is 22.6 Å². The summed E-state index contributed by atoms with van der Waals surface area (Å²) >= 11 is 0. The lowest BCUT2D eigenvalue weighted by atomic mass is 10.0. The van der Waals surface area contributed by atoms with E-state index < -0.39 is 0 Å². The van der Waals surface area contributed by atoms with Crippen LogP contribution in [0, 0.1) is 6.92 Å². The van der Waals surface area contributed by atoms with Crippen LogP contribution in [0.25, 0.3) is 27.7 Å². The molecule has 3 nitrogen and oxygen atoms in total. The van der Waals surface area contributed by atoms with Crippen molar-refractivity contribution in [3.63, 3.8) is 0 Å². The van der Waals surface area contributed by atoms with Gasteiger partial charge in [0.15, 0.2) is 5.65 Å². The van der Waals surface area contributed by atoms with Crippen molar-refractivity contribution in [2.45, 2.75) is 6.92 Å². The summed E-state index contributed by atoms with van der Waals surface area (Å²) in [6.07, 6.45) is 1.95. The maximum absolute atomic E-state index is 4.67. The van der Waals surface area contributed by atoms with E-state index in [1.165, 1.54) is 10.8 Å². The average Bonchev–Trinajstić information content (AvgIpc) is 2.85. The van der Waals surface area contributed by atoms with E-state index in [2.05, 4.69) is 52.5 Å². The Morgan fingerprint density at radius 2 is 1.75 bits per heavy atom. The molecular formula is C17H13N3. The third kappa shape index (κ3) is 1.67. The first-order chi connectivity index (χ1) is 9.81. The summed E-state index contributed by atoms with van der Waals surface area (Å²) in [5.74, 6) is 0. The zero-order valence-corrected chi connectivity index (χ0v) is 11.1. The molecule has 2 heterocycles. The van der Waals surface area contributed by atoms with Gasteiger partial charge in [-0.25, -0.2) is 9.50 Å². The van der Waals surface area contributed by atoms with Gasteiger partial charge >= 0.3 is 0 Å². The fourth-order valence-electron chi connectivity index (χ4n) is 2.59. The van der Waals surface area contributed by atoms with Gasteiger partial charge in [0.25, 0.3) is 0 Å². The summed E-state index contributed by atoms with van der Waals surface area (Å²) in [4.78, 5) is 4.41. The Bertz CT molecular complexity index is 916. The number of aryl methyl sites for hydroxylation is 1. The van der Waals surface area contributed by atoms with Crippen molar-refractivity contribution in [1.82, 2.24) is 14.6 Å². The Hall–Kier alpha value is -2.68. The second-order valence-corrected chi connectivity index (χ2v) is 4.93. The highest BCUT2D eigenvalue weighted by molar-refractivity contribution is 5.95. The molecule has 0 spiro atoms. The van der Waals surface area contributed by atoms with Crippen molar-refractivity contribution in [2.24, 2.45) is 0 Å². The molecule has 0 unspecified atom stereocenters. The second-order valence-electron chi connectivity index (χ2n) is 4.93. The smallest absolute Gasteiger partial charge is 0.153 e. The van der Waals surface area contributed by atoms with Gasteiger partial charge in [-0.15, -0.1) is 0 Å². The van der Waals surface area contributed by atoms with Crippen LogP contribution in [0.2, 0.25) is 0 Å². The van der Waals surface area contributed by atoms with Gasteiger partial charge in [-0.05, 0) is 29.8 Å². The molecule has 4 aromatic rings. The lowest BCUT2D eigenvalue weighted by Crippen LogP contribution is -1.93. The SMILES string of the molecule is Cc1cn2nc(-c3cccc4ccccc34)ccc2n1. The molecular weight excluding hydrogens is 246 g/mol. The van der Waals surface area contributed by atoms with Crippen LogP contribution in [0.15, 0.2) is 60.8 Å². The molecule has 2 aromatic carbocycles. The number of aromatic nitrogens is 3. The molecule has 0 aliphatic heterocycles. The zero-order chi connectivity index (χ0) is 13.5. The number of benzene rings is 2. The quantitative estimate of drug-likeness (QED) is 0.519. The molecule has 0 saturated carbocycles. The van der Waals surface area contributed by atoms with E-state index in [1.54, 1.807) is 0 Å². The second kappa shape index (κ2) is 4.17. The molecule has 0 atom stereocenters. The molecule has 0 fully saturated rings. The lowest BCUT2D eigenvalue weighted by molar-refractivity contribution is 0.942. The number of imidazole rings is 1. The summed E-state index contributed by atoms with van der Waals surface area (Å²) in [6.45, 7) is 1.98. The molecule has 0 amide bonds. The normalized spacial score (nSPS) is 11.2. The van der Waals surface area contributed by atoms with Crippen molar-refractivity contribution in [3.05, 3.63) is 66.5 Å². The van der Waals surface area contributed by atoms with Crippen LogP contribution in [0.1, 0.15) is 5.69 Å². The van der Waals surface area contributed by atoms with Crippen LogP contribution in [-0.4, -0.2) is 14.6 Å². The first-order valence-electron chi connectivity index (χ1n) is 6.62. The third-order valence-corrected chi connectivity index (χ3v) is 3.51. The van der Waals surface area contributed by atoms with E-state index in [1.807, 2.05) is 29.8 Å². The van der Waals surface area contributed by atoms with Crippen LogP contribution in [0.3, 0.4) is 0 Å². The maximum Gasteiger partial charge on any atom is 0.153 e. The van der Waals surface area contributed by atoms with Gasteiger partial charge in [0.1, 0.15) is 0 Å². The minimum Gasteiger partial charge on any atom is -0.232 e. The Kier molecular flexibility index (Phi) is 2.33. The summed E-state index contributed by atoms with van der Waals surface area (Å²) in [6, 6.07) is 18.7. The van der Waals surface area contributed by atoms with Crippen LogP contribution >= 0.6 is 0 Å². The predicted molar refractivity (Wildman–Crippen MR) is 80.7 cm³/mol. The van der Waals surface area contributed by atoms with E-state index in [4.69, 9.17) is 0 Å². The molecule has 96 valence electrons. The molecule has 0 saturated heterocycles. The van der Waals surface area contributed by atoms with Gasteiger partial charge in [0.2, 0.25) is 0 Å².